The molecule has 7 heteroatoms. The van der Waals surface area contributed by atoms with E-state index in [2.05, 4.69) is 0 Å². The Bertz CT molecular complexity index is 486. The molecule has 1 aromatic carbocycles. The second-order valence-corrected chi connectivity index (χ2v) is 3.28. The van der Waals surface area contributed by atoms with Crippen LogP contribution in [-0.4, -0.2) is 26.9 Å². The van der Waals surface area contributed by atoms with Crippen molar-refractivity contribution < 1.29 is 23.7 Å². The first kappa shape index (κ1) is 11.2. The lowest BCUT2D eigenvalue weighted by molar-refractivity contribution is 0.0997. The van der Waals surface area contributed by atoms with Crippen molar-refractivity contribution in [3.63, 3.8) is 0 Å². The van der Waals surface area contributed by atoms with Gasteiger partial charge in [-0.05, 0) is 0 Å². The molecule has 0 saturated heterocycles. The number of ether oxygens (including phenoxy) is 4. The van der Waals surface area contributed by atoms with Crippen molar-refractivity contribution in [1.82, 2.24) is 0 Å². The largest absolute Gasteiger partial charge is 0.492 e. The molecule has 1 aliphatic rings. The number of nitrogen functional groups attached to an aromatic ring is 1. The molecular formula is C10H12N2O5. The summed E-state index contributed by atoms with van der Waals surface area (Å²) in [5.41, 5.74) is 11.2. The van der Waals surface area contributed by atoms with Crippen LogP contribution in [0.4, 0.5) is 5.69 Å². The topological polar surface area (TPSA) is 106 Å². The number of fused-ring (bicyclic) bond motifs is 1. The fourth-order valence-corrected chi connectivity index (χ4v) is 1.73. The van der Waals surface area contributed by atoms with Crippen LogP contribution >= 0.6 is 0 Å². The Labute approximate surface area is 97.2 Å². The Balaban J connectivity index is 2.80. The number of nitrogens with two attached hydrogens (primary N) is 2. The summed E-state index contributed by atoms with van der Waals surface area (Å²) in [7, 11) is 2.79. The van der Waals surface area contributed by atoms with Crippen LogP contribution in [0.1, 0.15) is 10.4 Å². The quantitative estimate of drug-likeness (QED) is 0.726. The van der Waals surface area contributed by atoms with Gasteiger partial charge in [0, 0.05) is 0 Å². The maximum Gasteiger partial charge on any atom is 0.254 e. The van der Waals surface area contributed by atoms with Crippen molar-refractivity contribution in [2.24, 2.45) is 5.73 Å². The first-order valence-electron chi connectivity index (χ1n) is 4.74. The maximum atomic E-state index is 11.4. The maximum absolute atomic E-state index is 11.4. The molecule has 0 aliphatic carbocycles. The van der Waals surface area contributed by atoms with Crippen LogP contribution in [0.5, 0.6) is 23.0 Å². The van der Waals surface area contributed by atoms with Crippen molar-refractivity contribution in [2.75, 3.05) is 26.7 Å². The van der Waals surface area contributed by atoms with Gasteiger partial charge in [0.1, 0.15) is 5.56 Å². The standard InChI is InChI=1S/C10H12N2O5/c1-14-6-4(10(12)13)5(11)7(15-2)9-8(6)16-3-17-9/h3,11H2,1-2H3,(H2,12,13). The molecule has 7 nitrogen and oxygen atoms in total. The molecule has 92 valence electrons. The highest BCUT2D eigenvalue weighted by molar-refractivity contribution is 6.04. The molecule has 2 rings (SSSR count). The number of carbonyl (C=O) groups is 1. The predicted octanol–water partition coefficient (Wildman–Crippen LogP) is 0.114. The molecule has 0 fully saturated rings. The van der Waals surface area contributed by atoms with Gasteiger partial charge in [-0.25, -0.2) is 0 Å². The number of hydrogen-bond donors (Lipinski definition) is 2. The fourth-order valence-electron chi connectivity index (χ4n) is 1.73. The van der Waals surface area contributed by atoms with Crippen LogP contribution < -0.4 is 30.4 Å². The molecule has 1 heterocycles. The molecule has 0 unspecified atom stereocenters. The first-order valence-corrected chi connectivity index (χ1v) is 4.74. The molecule has 1 aliphatic heterocycles. The predicted molar refractivity (Wildman–Crippen MR) is 58.6 cm³/mol. The Morgan fingerprint density at radius 1 is 1.18 bits per heavy atom. The number of rotatable bonds is 3. The molecule has 0 saturated carbocycles. The summed E-state index contributed by atoms with van der Waals surface area (Å²) < 4.78 is 20.6. The highest BCUT2D eigenvalue weighted by atomic mass is 16.7. The molecule has 1 aromatic rings. The minimum absolute atomic E-state index is 0.00368. The average Bonchev–Trinajstić information content (AvgIpc) is 2.75. The van der Waals surface area contributed by atoms with Crippen molar-refractivity contribution in [3.8, 4) is 23.0 Å². The Morgan fingerprint density at radius 3 is 2.18 bits per heavy atom. The third-order valence-electron chi connectivity index (χ3n) is 2.42. The van der Waals surface area contributed by atoms with Gasteiger partial charge < -0.3 is 30.4 Å². The zero-order chi connectivity index (χ0) is 12.6. The SMILES string of the molecule is COc1c(N)c(C(N)=O)c(OC)c2c1OCO2. The lowest BCUT2D eigenvalue weighted by Gasteiger charge is -2.15. The van der Waals surface area contributed by atoms with Gasteiger partial charge in [-0.15, -0.1) is 0 Å². The number of amides is 1. The summed E-state index contributed by atoms with van der Waals surface area (Å²) in [6, 6.07) is 0. The summed E-state index contributed by atoms with van der Waals surface area (Å²) in [4.78, 5) is 11.4. The highest BCUT2D eigenvalue weighted by Crippen LogP contribution is 2.53. The zero-order valence-corrected chi connectivity index (χ0v) is 9.40. The summed E-state index contributed by atoms with van der Waals surface area (Å²) in [6.07, 6.45) is 0. The van der Waals surface area contributed by atoms with E-state index in [4.69, 9.17) is 30.4 Å². The van der Waals surface area contributed by atoms with Crippen LogP contribution in [0.3, 0.4) is 0 Å². The van der Waals surface area contributed by atoms with Gasteiger partial charge >= 0.3 is 0 Å². The molecule has 0 aromatic heterocycles. The van der Waals surface area contributed by atoms with E-state index in [1.807, 2.05) is 0 Å². The van der Waals surface area contributed by atoms with E-state index >= 15 is 0 Å². The van der Waals surface area contributed by atoms with Crippen LogP contribution in [0.15, 0.2) is 0 Å². The molecular weight excluding hydrogens is 228 g/mol. The summed E-state index contributed by atoms with van der Waals surface area (Å²) in [5, 5.41) is 0. The minimum Gasteiger partial charge on any atom is -0.492 e. The van der Waals surface area contributed by atoms with E-state index in [9.17, 15) is 4.79 Å². The van der Waals surface area contributed by atoms with E-state index in [1.54, 1.807) is 0 Å². The van der Waals surface area contributed by atoms with Crippen molar-refractivity contribution in [2.45, 2.75) is 0 Å². The third kappa shape index (κ3) is 1.47. The van der Waals surface area contributed by atoms with Gasteiger partial charge in [-0.3, -0.25) is 4.79 Å². The van der Waals surface area contributed by atoms with Gasteiger partial charge in [0.05, 0.1) is 19.9 Å². The lowest BCUT2D eigenvalue weighted by atomic mass is 10.1. The third-order valence-corrected chi connectivity index (χ3v) is 2.42. The number of primary amides is 1. The summed E-state index contributed by atoms with van der Waals surface area (Å²) in [6.45, 7) is 0.00368. The molecule has 0 spiro atoms. The van der Waals surface area contributed by atoms with Gasteiger partial charge in [0.2, 0.25) is 18.3 Å². The zero-order valence-electron chi connectivity index (χ0n) is 9.40. The monoisotopic (exact) mass is 240 g/mol. The van der Waals surface area contributed by atoms with Gasteiger partial charge in [0.25, 0.3) is 5.91 Å². The van der Waals surface area contributed by atoms with Gasteiger partial charge in [-0.1, -0.05) is 0 Å². The van der Waals surface area contributed by atoms with Crippen molar-refractivity contribution in [3.05, 3.63) is 5.56 Å². The normalized spacial score (nSPS) is 12.4. The summed E-state index contributed by atoms with van der Waals surface area (Å²) >= 11 is 0. The number of anilines is 1. The van der Waals surface area contributed by atoms with Crippen LogP contribution in [-0.2, 0) is 0 Å². The van der Waals surface area contributed by atoms with Crippen molar-refractivity contribution in [1.29, 1.82) is 0 Å². The smallest absolute Gasteiger partial charge is 0.254 e. The van der Waals surface area contributed by atoms with E-state index in [-0.39, 0.29) is 35.3 Å². The average molecular weight is 240 g/mol. The number of hydrogen-bond acceptors (Lipinski definition) is 6. The minimum atomic E-state index is -0.726. The van der Waals surface area contributed by atoms with Crippen LogP contribution in [0.2, 0.25) is 0 Å². The van der Waals surface area contributed by atoms with Crippen LogP contribution in [0.25, 0.3) is 0 Å². The van der Waals surface area contributed by atoms with E-state index in [0.29, 0.717) is 5.75 Å². The van der Waals surface area contributed by atoms with E-state index in [1.165, 1.54) is 14.2 Å². The number of benzene rings is 1. The molecule has 0 radical (unpaired) electrons. The lowest BCUT2D eigenvalue weighted by Crippen LogP contribution is -2.16. The molecule has 1 amide bonds. The van der Waals surface area contributed by atoms with Crippen LogP contribution in [0, 0.1) is 0 Å². The molecule has 0 atom stereocenters. The van der Waals surface area contributed by atoms with E-state index in [0.717, 1.165) is 0 Å². The van der Waals surface area contributed by atoms with E-state index < -0.39 is 5.91 Å². The van der Waals surface area contributed by atoms with Gasteiger partial charge in [-0.2, -0.15) is 0 Å². The highest BCUT2D eigenvalue weighted by Gasteiger charge is 2.32. The van der Waals surface area contributed by atoms with Gasteiger partial charge in [0.15, 0.2) is 11.5 Å². The Hall–Kier alpha value is -2.31. The first-order chi connectivity index (χ1) is 8.11. The Morgan fingerprint density at radius 2 is 1.71 bits per heavy atom. The number of methoxy groups -OCH3 is 2. The Kier molecular flexibility index (Phi) is 2.58. The second-order valence-electron chi connectivity index (χ2n) is 3.28. The molecule has 0 bridgehead atoms. The molecule has 17 heavy (non-hydrogen) atoms. The fraction of sp³-hybridized carbons (Fsp3) is 0.300. The second kappa shape index (κ2) is 3.93. The molecule has 4 N–H and O–H groups in total. The summed E-state index contributed by atoms with van der Waals surface area (Å²) in [5.74, 6) is 0.227. The van der Waals surface area contributed by atoms with Crippen molar-refractivity contribution >= 4 is 11.6 Å². The number of carbonyl (C=O) groups excluding carboxylic acids is 1.